The molecule has 0 aliphatic carbocycles. The van der Waals surface area contributed by atoms with Crippen molar-refractivity contribution in [1.29, 1.82) is 0 Å². The predicted molar refractivity (Wildman–Crippen MR) is 103 cm³/mol. The van der Waals surface area contributed by atoms with E-state index in [1.165, 1.54) is 10.4 Å². The maximum Gasteiger partial charge on any atom is 0.258 e. The summed E-state index contributed by atoms with van der Waals surface area (Å²) in [7, 11) is -3.75. The van der Waals surface area contributed by atoms with Gasteiger partial charge in [-0.05, 0) is 55.7 Å². The van der Waals surface area contributed by atoms with Crippen LogP contribution in [0.5, 0.6) is 0 Å². The molecular formula is C19H20ClFN2O3S. The lowest BCUT2D eigenvalue weighted by Gasteiger charge is -2.26. The van der Waals surface area contributed by atoms with Gasteiger partial charge in [0, 0.05) is 23.8 Å². The maximum atomic E-state index is 14.2. The van der Waals surface area contributed by atoms with Gasteiger partial charge in [-0.3, -0.25) is 4.79 Å². The van der Waals surface area contributed by atoms with Gasteiger partial charge in [0.15, 0.2) is 0 Å². The summed E-state index contributed by atoms with van der Waals surface area (Å²) >= 11 is 6.04. The Bertz CT molecular complexity index is 973. The number of anilines is 1. The first-order valence-corrected chi connectivity index (χ1v) is 10.5. The maximum absolute atomic E-state index is 14.2. The smallest absolute Gasteiger partial charge is 0.258 e. The Kier molecular flexibility index (Phi) is 5.83. The largest absolute Gasteiger partial charge is 0.322 e. The van der Waals surface area contributed by atoms with Crippen LogP contribution in [0.2, 0.25) is 5.02 Å². The number of nitrogens with one attached hydrogen (secondary N) is 1. The van der Waals surface area contributed by atoms with Gasteiger partial charge >= 0.3 is 0 Å². The van der Waals surface area contributed by atoms with Crippen LogP contribution in [0.3, 0.4) is 0 Å². The third-order valence-electron chi connectivity index (χ3n) is 4.56. The molecule has 3 rings (SSSR count). The highest BCUT2D eigenvalue weighted by atomic mass is 35.5. The standard InChI is InChI=1S/C19H20ClFN2O3S/c1-13-5-6-14(11-17(13)20)22-19(24)16-12-15(7-8-18(16)21)27(25,26)23-9-3-2-4-10-23/h5-8,11-12H,2-4,9-10H2,1H3,(H,22,24). The van der Waals surface area contributed by atoms with Crippen LogP contribution in [0.4, 0.5) is 10.1 Å². The van der Waals surface area contributed by atoms with Crippen molar-refractivity contribution in [3.8, 4) is 0 Å². The molecule has 2 aromatic rings. The van der Waals surface area contributed by atoms with Crippen molar-refractivity contribution in [3.63, 3.8) is 0 Å². The molecule has 0 saturated carbocycles. The minimum absolute atomic E-state index is 0.0853. The first kappa shape index (κ1) is 19.8. The van der Waals surface area contributed by atoms with Gasteiger partial charge in [-0.1, -0.05) is 24.1 Å². The Morgan fingerprint density at radius 3 is 2.48 bits per heavy atom. The summed E-state index contributed by atoms with van der Waals surface area (Å²) in [5.41, 5.74) is 0.916. The number of amides is 1. The van der Waals surface area contributed by atoms with Crippen LogP contribution in [0.15, 0.2) is 41.3 Å². The average Bonchev–Trinajstić information content (AvgIpc) is 2.65. The number of carbonyl (C=O) groups is 1. The van der Waals surface area contributed by atoms with E-state index < -0.39 is 21.7 Å². The summed E-state index contributed by atoms with van der Waals surface area (Å²) in [6, 6.07) is 8.22. The minimum atomic E-state index is -3.75. The van der Waals surface area contributed by atoms with Crippen LogP contribution in [0.25, 0.3) is 0 Å². The molecule has 0 unspecified atom stereocenters. The van der Waals surface area contributed by atoms with E-state index in [1.807, 2.05) is 6.92 Å². The van der Waals surface area contributed by atoms with E-state index in [4.69, 9.17) is 11.6 Å². The number of sulfonamides is 1. The quantitative estimate of drug-likeness (QED) is 0.820. The van der Waals surface area contributed by atoms with Gasteiger partial charge in [-0.25, -0.2) is 12.8 Å². The second kappa shape index (κ2) is 7.96. The topological polar surface area (TPSA) is 66.5 Å². The van der Waals surface area contributed by atoms with Crippen molar-refractivity contribution >= 4 is 33.2 Å². The summed E-state index contributed by atoms with van der Waals surface area (Å²) in [6.45, 7) is 2.69. The zero-order chi connectivity index (χ0) is 19.6. The van der Waals surface area contributed by atoms with Gasteiger partial charge in [0.1, 0.15) is 5.82 Å². The number of halogens is 2. The van der Waals surface area contributed by atoms with Crippen molar-refractivity contribution in [1.82, 2.24) is 4.31 Å². The number of carbonyl (C=O) groups excluding carboxylic acids is 1. The van der Waals surface area contributed by atoms with Crippen molar-refractivity contribution < 1.29 is 17.6 Å². The lowest BCUT2D eigenvalue weighted by molar-refractivity contribution is 0.102. The summed E-state index contributed by atoms with van der Waals surface area (Å²) < 4.78 is 41.1. The van der Waals surface area contributed by atoms with Crippen LogP contribution < -0.4 is 5.32 Å². The van der Waals surface area contributed by atoms with E-state index in [0.29, 0.717) is 23.8 Å². The second-order valence-corrected chi connectivity index (χ2v) is 8.87. The summed E-state index contributed by atoms with van der Waals surface area (Å²) in [4.78, 5) is 12.4. The first-order valence-electron chi connectivity index (χ1n) is 8.66. The fraction of sp³-hybridized carbons (Fsp3) is 0.316. The molecule has 1 saturated heterocycles. The lowest BCUT2D eigenvalue weighted by Crippen LogP contribution is -2.35. The SMILES string of the molecule is Cc1ccc(NC(=O)c2cc(S(=O)(=O)N3CCCCC3)ccc2F)cc1Cl. The van der Waals surface area contributed by atoms with E-state index in [0.717, 1.165) is 37.0 Å². The number of benzene rings is 2. The van der Waals surface area contributed by atoms with Crippen LogP contribution in [-0.2, 0) is 10.0 Å². The van der Waals surface area contributed by atoms with Gasteiger partial charge in [0.25, 0.3) is 5.91 Å². The molecule has 0 radical (unpaired) electrons. The summed E-state index contributed by atoms with van der Waals surface area (Å²) in [5.74, 6) is -1.52. The number of hydrogen-bond donors (Lipinski definition) is 1. The molecule has 144 valence electrons. The molecule has 1 aliphatic rings. The molecule has 0 atom stereocenters. The lowest BCUT2D eigenvalue weighted by atomic mass is 10.2. The molecule has 0 aromatic heterocycles. The van der Waals surface area contributed by atoms with E-state index in [1.54, 1.807) is 18.2 Å². The van der Waals surface area contributed by atoms with Gasteiger partial charge in [-0.15, -0.1) is 0 Å². The van der Waals surface area contributed by atoms with Gasteiger partial charge in [-0.2, -0.15) is 4.31 Å². The fourth-order valence-corrected chi connectivity index (χ4v) is 4.69. The van der Waals surface area contributed by atoms with E-state index in [-0.39, 0.29) is 10.5 Å². The normalized spacial score (nSPS) is 15.5. The zero-order valence-electron chi connectivity index (χ0n) is 14.8. The molecule has 5 nitrogen and oxygen atoms in total. The molecule has 27 heavy (non-hydrogen) atoms. The highest BCUT2D eigenvalue weighted by molar-refractivity contribution is 7.89. The summed E-state index contributed by atoms with van der Waals surface area (Å²) in [5, 5.41) is 3.02. The number of nitrogens with zero attached hydrogens (tertiary/aromatic N) is 1. The fourth-order valence-electron chi connectivity index (χ4n) is 2.96. The third-order valence-corrected chi connectivity index (χ3v) is 6.87. The van der Waals surface area contributed by atoms with Crippen molar-refractivity contribution in [2.75, 3.05) is 18.4 Å². The van der Waals surface area contributed by atoms with Crippen LogP contribution in [-0.4, -0.2) is 31.7 Å². The minimum Gasteiger partial charge on any atom is -0.322 e. The van der Waals surface area contributed by atoms with Crippen LogP contribution in [0.1, 0.15) is 35.2 Å². The molecule has 1 aliphatic heterocycles. The third kappa shape index (κ3) is 4.31. The van der Waals surface area contributed by atoms with Gasteiger partial charge < -0.3 is 5.32 Å². The molecule has 0 spiro atoms. The Morgan fingerprint density at radius 2 is 1.81 bits per heavy atom. The second-order valence-electron chi connectivity index (χ2n) is 6.52. The number of piperidine rings is 1. The summed E-state index contributed by atoms with van der Waals surface area (Å²) in [6.07, 6.45) is 2.58. The highest BCUT2D eigenvalue weighted by Crippen LogP contribution is 2.24. The zero-order valence-corrected chi connectivity index (χ0v) is 16.4. The van der Waals surface area contributed by atoms with Crippen LogP contribution in [0, 0.1) is 12.7 Å². The first-order chi connectivity index (χ1) is 12.8. The highest BCUT2D eigenvalue weighted by Gasteiger charge is 2.27. The van der Waals surface area contributed by atoms with E-state index in [9.17, 15) is 17.6 Å². The Morgan fingerprint density at radius 1 is 1.11 bits per heavy atom. The predicted octanol–water partition coefficient (Wildman–Crippen LogP) is 4.21. The Labute approximate surface area is 163 Å². The Hall–Kier alpha value is -1.96. The van der Waals surface area contributed by atoms with Gasteiger partial charge in [0.05, 0.1) is 10.5 Å². The van der Waals surface area contributed by atoms with Crippen molar-refractivity contribution in [2.24, 2.45) is 0 Å². The molecular weight excluding hydrogens is 391 g/mol. The van der Waals surface area contributed by atoms with Crippen molar-refractivity contribution in [2.45, 2.75) is 31.1 Å². The number of hydrogen-bond acceptors (Lipinski definition) is 3. The molecule has 1 heterocycles. The molecule has 8 heteroatoms. The van der Waals surface area contributed by atoms with E-state index >= 15 is 0 Å². The molecule has 1 amide bonds. The molecule has 1 fully saturated rings. The van der Waals surface area contributed by atoms with E-state index in [2.05, 4.69) is 5.32 Å². The van der Waals surface area contributed by atoms with Crippen LogP contribution >= 0.6 is 11.6 Å². The average molecular weight is 411 g/mol. The Balaban J connectivity index is 1.88. The molecule has 2 aromatic carbocycles. The monoisotopic (exact) mass is 410 g/mol. The van der Waals surface area contributed by atoms with Crippen molar-refractivity contribution in [3.05, 3.63) is 58.4 Å². The molecule has 1 N–H and O–H groups in total. The molecule has 0 bridgehead atoms. The van der Waals surface area contributed by atoms with Gasteiger partial charge in [0.2, 0.25) is 10.0 Å². The number of aryl methyl sites for hydroxylation is 1. The number of rotatable bonds is 4.